The molecule has 0 unspecified atom stereocenters. The number of benzene rings is 1. The quantitative estimate of drug-likeness (QED) is 0.540. The maximum Gasteiger partial charge on any atom is 0.165 e. The van der Waals surface area contributed by atoms with Gasteiger partial charge in [0.05, 0.1) is 5.69 Å². The van der Waals surface area contributed by atoms with Crippen molar-refractivity contribution in [3.05, 3.63) is 29.7 Å². The van der Waals surface area contributed by atoms with Crippen molar-refractivity contribution in [2.75, 3.05) is 5.73 Å². The highest BCUT2D eigenvalue weighted by Gasteiger charge is 2.16. The van der Waals surface area contributed by atoms with E-state index in [0.29, 0.717) is 12.2 Å². The van der Waals surface area contributed by atoms with Crippen molar-refractivity contribution in [2.45, 2.75) is 6.42 Å². The summed E-state index contributed by atoms with van der Waals surface area (Å²) in [6, 6.07) is 2.76. The molecule has 0 saturated carbocycles. The first-order valence-corrected chi connectivity index (χ1v) is 4.36. The number of fused-ring (bicyclic) bond motifs is 1. The molecule has 4 heteroatoms. The lowest BCUT2D eigenvalue weighted by atomic mass is 10.0. The molecule has 1 aromatic rings. The predicted octanol–water partition coefficient (Wildman–Crippen LogP) is 1.67. The number of hydroxylamine groups is 1. The first-order chi connectivity index (χ1) is 7.22. The third kappa shape index (κ3) is 1.59. The van der Waals surface area contributed by atoms with Crippen molar-refractivity contribution < 1.29 is 9.23 Å². The molecule has 0 fully saturated rings. The summed E-state index contributed by atoms with van der Waals surface area (Å²) in [6.07, 6.45) is 7.30. The Balaban J connectivity index is 2.51. The second-order valence-corrected chi connectivity index (χ2v) is 3.14. The zero-order valence-electron chi connectivity index (χ0n) is 7.88. The van der Waals surface area contributed by atoms with Gasteiger partial charge in [-0.1, -0.05) is 0 Å². The number of nitrogens with one attached hydrogen (secondary N) is 1. The van der Waals surface area contributed by atoms with Crippen LogP contribution in [0.5, 0.6) is 5.75 Å². The van der Waals surface area contributed by atoms with E-state index in [1.54, 1.807) is 6.20 Å². The smallest absolute Gasteiger partial charge is 0.165 e. The molecule has 1 aromatic carbocycles. The third-order valence-corrected chi connectivity index (χ3v) is 2.14. The Morgan fingerprint density at radius 3 is 3.07 bits per heavy atom. The van der Waals surface area contributed by atoms with Crippen LogP contribution in [0.4, 0.5) is 10.1 Å². The monoisotopic (exact) mass is 204 g/mol. The summed E-state index contributed by atoms with van der Waals surface area (Å²) in [7, 11) is 0. The molecule has 1 aliphatic rings. The van der Waals surface area contributed by atoms with E-state index >= 15 is 0 Å². The molecule has 0 atom stereocenters. The number of terminal acetylenes is 1. The number of nitrogen functional groups attached to an aromatic ring is 1. The van der Waals surface area contributed by atoms with Crippen LogP contribution in [0.3, 0.4) is 0 Å². The molecule has 0 radical (unpaired) electrons. The number of anilines is 1. The Bertz CT molecular complexity index is 474. The van der Waals surface area contributed by atoms with Gasteiger partial charge in [-0.2, -0.15) is 0 Å². The van der Waals surface area contributed by atoms with Gasteiger partial charge in [-0.25, -0.2) is 9.87 Å². The summed E-state index contributed by atoms with van der Waals surface area (Å²) in [5.74, 6) is 2.41. The van der Waals surface area contributed by atoms with Gasteiger partial charge in [0, 0.05) is 24.3 Å². The van der Waals surface area contributed by atoms with Gasteiger partial charge < -0.3 is 10.6 Å². The third-order valence-electron chi connectivity index (χ3n) is 2.14. The van der Waals surface area contributed by atoms with Gasteiger partial charge in [-0.15, -0.1) is 12.3 Å². The van der Waals surface area contributed by atoms with E-state index in [1.165, 1.54) is 12.1 Å². The minimum absolute atomic E-state index is 0.0853. The highest BCUT2D eigenvalue weighted by molar-refractivity contribution is 5.75. The first-order valence-electron chi connectivity index (χ1n) is 4.36. The van der Waals surface area contributed by atoms with Crippen LogP contribution in [0.1, 0.15) is 12.0 Å². The van der Waals surface area contributed by atoms with E-state index in [1.807, 2.05) is 0 Å². The fourth-order valence-corrected chi connectivity index (χ4v) is 1.41. The summed E-state index contributed by atoms with van der Waals surface area (Å²) >= 11 is 0. The average molecular weight is 204 g/mol. The van der Waals surface area contributed by atoms with E-state index in [2.05, 4.69) is 11.4 Å². The van der Waals surface area contributed by atoms with Crippen molar-refractivity contribution in [3.8, 4) is 18.1 Å². The van der Waals surface area contributed by atoms with Crippen molar-refractivity contribution in [3.63, 3.8) is 0 Å². The SMILES string of the molecule is C#CCC1=CNOc2cc(F)c(N)cc21. The van der Waals surface area contributed by atoms with Gasteiger partial charge >= 0.3 is 0 Å². The second-order valence-electron chi connectivity index (χ2n) is 3.14. The van der Waals surface area contributed by atoms with Gasteiger partial charge in [0.1, 0.15) is 5.82 Å². The standard InChI is InChI=1S/C11H9FN2O/c1-2-3-7-6-14-15-11-5-9(12)10(13)4-8(7)11/h1,4-6,14H,3,13H2. The molecule has 0 aromatic heterocycles. The van der Waals surface area contributed by atoms with Crippen molar-refractivity contribution in [2.24, 2.45) is 0 Å². The summed E-state index contributed by atoms with van der Waals surface area (Å²) in [5.41, 5.74) is 9.69. The number of halogens is 1. The Labute approximate surface area is 86.7 Å². The van der Waals surface area contributed by atoms with E-state index < -0.39 is 5.82 Å². The molecule has 0 aliphatic carbocycles. The lowest BCUT2D eigenvalue weighted by Gasteiger charge is -2.18. The molecule has 3 N–H and O–H groups in total. The van der Waals surface area contributed by atoms with Crippen LogP contribution < -0.4 is 16.1 Å². The summed E-state index contributed by atoms with van der Waals surface area (Å²) in [5, 5.41) is 0. The number of rotatable bonds is 1. The Morgan fingerprint density at radius 2 is 2.33 bits per heavy atom. The zero-order valence-corrected chi connectivity index (χ0v) is 7.88. The van der Waals surface area contributed by atoms with Gasteiger partial charge in [-0.3, -0.25) is 0 Å². The summed E-state index contributed by atoms with van der Waals surface area (Å²) in [4.78, 5) is 5.05. The molecule has 15 heavy (non-hydrogen) atoms. The predicted molar refractivity (Wildman–Crippen MR) is 56.0 cm³/mol. The van der Waals surface area contributed by atoms with Crippen molar-refractivity contribution >= 4 is 11.3 Å². The molecular formula is C11H9FN2O. The van der Waals surface area contributed by atoms with Gasteiger partial charge in [0.15, 0.2) is 5.75 Å². The zero-order chi connectivity index (χ0) is 10.8. The Morgan fingerprint density at radius 1 is 1.53 bits per heavy atom. The maximum absolute atomic E-state index is 13.1. The molecule has 76 valence electrons. The molecular weight excluding hydrogens is 195 g/mol. The highest BCUT2D eigenvalue weighted by Crippen LogP contribution is 2.33. The van der Waals surface area contributed by atoms with Crippen LogP contribution in [0.15, 0.2) is 18.3 Å². The Hall–Kier alpha value is -2.15. The Kier molecular flexibility index (Phi) is 2.22. The number of allylic oxidation sites excluding steroid dienone is 1. The van der Waals surface area contributed by atoms with E-state index in [9.17, 15) is 4.39 Å². The van der Waals surface area contributed by atoms with Crippen molar-refractivity contribution in [1.82, 2.24) is 5.48 Å². The fraction of sp³-hybridized carbons (Fsp3) is 0.0909. The summed E-state index contributed by atoms with van der Waals surface area (Å²) in [6.45, 7) is 0. The molecule has 1 aliphatic heterocycles. The van der Waals surface area contributed by atoms with Gasteiger partial charge in [-0.05, 0) is 11.6 Å². The van der Waals surface area contributed by atoms with E-state index in [4.69, 9.17) is 17.0 Å². The van der Waals surface area contributed by atoms with Crippen LogP contribution in [-0.2, 0) is 0 Å². The maximum atomic E-state index is 13.1. The normalized spacial score (nSPS) is 12.9. The topological polar surface area (TPSA) is 47.3 Å². The van der Waals surface area contributed by atoms with Crippen LogP contribution >= 0.6 is 0 Å². The molecule has 1 heterocycles. The largest absolute Gasteiger partial charge is 0.396 e. The molecule has 3 nitrogen and oxygen atoms in total. The average Bonchev–Trinajstić information content (AvgIpc) is 2.21. The minimum atomic E-state index is -0.502. The molecule has 0 saturated heterocycles. The van der Waals surface area contributed by atoms with Gasteiger partial charge in [0.25, 0.3) is 0 Å². The lowest BCUT2D eigenvalue weighted by Crippen LogP contribution is -2.17. The number of nitrogens with two attached hydrogens (primary N) is 1. The number of hydrogen-bond donors (Lipinski definition) is 2. The highest BCUT2D eigenvalue weighted by atomic mass is 19.1. The van der Waals surface area contributed by atoms with Crippen LogP contribution in [0.2, 0.25) is 0 Å². The van der Waals surface area contributed by atoms with Crippen LogP contribution in [0.25, 0.3) is 5.57 Å². The van der Waals surface area contributed by atoms with Crippen LogP contribution in [0, 0.1) is 18.2 Å². The van der Waals surface area contributed by atoms with Gasteiger partial charge in [0.2, 0.25) is 0 Å². The molecule has 0 bridgehead atoms. The summed E-state index contributed by atoms with van der Waals surface area (Å²) < 4.78 is 13.1. The lowest BCUT2D eigenvalue weighted by molar-refractivity contribution is 0.236. The van der Waals surface area contributed by atoms with E-state index in [0.717, 1.165) is 11.1 Å². The first kappa shape index (κ1) is 9.41. The molecule has 2 rings (SSSR count). The van der Waals surface area contributed by atoms with E-state index in [-0.39, 0.29) is 5.69 Å². The molecule has 0 amide bonds. The number of hydrogen-bond acceptors (Lipinski definition) is 3. The molecule has 0 spiro atoms. The second kappa shape index (κ2) is 3.54. The van der Waals surface area contributed by atoms with Crippen molar-refractivity contribution in [1.29, 1.82) is 0 Å². The van der Waals surface area contributed by atoms with Crippen LogP contribution in [-0.4, -0.2) is 0 Å². The minimum Gasteiger partial charge on any atom is -0.396 e. The fourth-order valence-electron chi connectivity index (χ4n) is 1.41.